The molecule has 100 valence electrons. The number of amidine groups is 1. The Morgan fingerprint density at radius 1 is 1.42 bits per heavy atom. The van der Waals surface area contributed by atoms with Crippen molar-refractivity contribution in [2.75, 3.05) is 0 Å². The highest BCUT2D eigenvalue weighted by atomic mass is 16.5. The number of nitrogens with one attached hydrogen (secondary N) is 1. The molecule has 0 amide bonds. The average Bonchev–Trinajstić information content (AvgIpc) is 2.84. The van der Waals surface area contributed by atoms with Gasteiger partial charge in [0.1, 0.15) is 0 Å². The molecule has 1 aromatic carbocycles. The van der Waals surface area contributed by atoms with Gasteiger partial charge in [-0.05, 0) is 12.5 Å². The van der Waals surface area contributed by atoms with Crippen LogP contribution in [0.5, 0.6) is 0 Å². The van der Waals surface area contributed by atoms with Gasteiger partial charge in [-0.2, -0.15) is 4.98 Å². The number of aryl methyl sites for hydroxylation is 1. The highest BCUT2D eigenvalue weighted by molar-refractivity contribution is 5.98. The zero-order valence-electron chi connectivity index (χ0n) is 10.5. The summed E-state index contributed by atoms with van der Waals surface area (Å²) in [6.07, 6.45) is 0. The second-order valence-corrected chi connectivity index (χ2v) is 3.98. The molecule has 0 radical (unpaired) electrons. The number of nitrogens with two attached hydrogens (primary N) is 1. The summed E-state index contributed by atoms with van der Waals surface area (Å²) in [4.78, 5) is 4.09. The maximum atomic E-state index is 8.73. The molecule has 0 saturated carbocycles. The molecule has 7 nitrogen and oxygen atoms in total. The smallest absolute Gasteiger partial charge is 0.240 e. The Balaban J connectivity index is 2.00. The molecule has 1 aromatic heterocycles. The van der Waals surface area contributed by atoms with Crippen LogP contribution in [-0.2, 0) is 13.1 Å². The van der Waals surface area contributed by atoms with E-state index < -0.39 is 0 Å². The Bertz CT molecular complexity index is 579. The Morgan fingerprint density at radius 3 is 2.89 bits per heavy atom. The summed E-state index contributed by atoms with van der Waals surface area (Å²) in [7, 11) is 0. The van der Waals surface area contributed by atoms with Crippen molar-refractivity contribution in [1.82, 2.24) is 15.5 Å². The van der Waals surface area contributed by atoms with Crippen molar-refractivity contribution in [2.45, 2.75) is 20.0 Å². The molecule has 0 aliphatic rings. The molecule has 0 unspecified atom stereocenters. The van der Waals surface area contributed by atoms with Crippen molar-refractivity contribution < 1.29 is 9.73 Å². The summed E-state index contributed by atoms with van der Waals surface area (Å²) in [5.41, 5.74) is 7.23. The van der Waals surface area contributed by atoms with Gasteiger partial charge in [0.25, 0.3) is 0 Å². The Morgan fingerprint density at radius 2 is 2.21 bits per heavy atom. The standard InChI is InChI=1S/C12H15N5O2/c1-8-15-11(19-17-8)7-14-6-9-4-2-3-5-10(9)12(13)16-18/h2-5,14,18H,6-7H2,1H3,(H2,13,16). The molecule has 0 saturated heterocycles. The monoisotopic (exact) mass is 261 g/mol. The summed E-state index contributed by atoms with van der Waals surface area (Å²) < 4.78 is 4.99. The zero-order chi connectivity index (χ0) is 13.7. The van der Waals surface area contributed by atoms with Crippen LogP contribution in [0, 0.1) is 6.92 Å². The molecule has 0 aliphatic heterocycles. The summed E-state index contributed by atoms with van der Waals surface area (Å²) in [6.45, 7) is 2.78. The van der Waals surface area contributed by atoms with Gasteiger partial charge in [-0.15, -0.1) is 0 Å². The van der Waals surface area contributed by atoms with E-state index in [2.05, 4.69) is 20.6 Å². The minimum Gasteiger partial charge on any atom is -0.409 e. The van der Waals surface area contributed by atoms with Crippen molar-refractivity contribution in [1.29, 1.82) is 0 Å². The quantitative estimate of drug-likeness (QED) is 0.317. The summed E-state index contributed by atoms with van der Waals surface area (Å²) >= 11 is 0. The topological polar surface area (TPSA) is 110 Å². The normalized spacial score (nSPS) is 11.7. The molecule has 2 rings (SSSR count). The number of aromatic nitrogens is 2. The van der Waals surface area contributed by atoms with Gasteiger partial charge in [0.2, 0.25) is 5.89 Å². The van der Waals surface area contributed by atoms with Crippen molar-refractivity contribution in [3.05, 3.63) is 47.1 Å². The van der Waals surface area contributed by atoms with Crippen LogP contribution in [0.15, 0.2) is 33.9 Å². The Hall–Kier alpha value is -2.41. The van der Waals surface area contributed by atoms with E-state index in [4.69, 9.17) is 15.5 Å². The van der Waals surface area contributed by atoms with Crippen LogP contribution in [0.2, 0.25) is 0 Å². The van der Waals surface area contributed by atoms with E-state index in [1.807, 2.05) is 18.2 Å². The molecular formula is C12H15N5O2. The third-order valence-corrected chi connectivity index (χ3v) is 2.56. The molecule has 0 spiro atoms. The first-order valence-electron chi connectivity index (χ1n) is 5.76. The lowest BCUT2D eigenvalue weighted by molar-refractivity contribution is 0.318. The molecule has 0 atom stereocenters. The fraction of sp³-hybridized carbons (Fsp3) is 0.250. The third kappa shape index (κ3) is 3.29. The second-order valence-electron chi connectivity index (χ2n) is 3.98. The predicted octanol–water partition coefficient (Wildman–Crippen LogP) is 0.762. The lowest BCUT2D eigenvalue weighted by Gasteiger charge is -2.08. The largest absolute Gasteiger partial charge is 0.409 e. The molecule has 4 N–H and O–H groups in total. The third-order valence-electron chi connectivity index (χ3n) is 2.56. The fourth-order valence-electron chi connectivity index (χ4n) is 1.69. The van der Waals surface area contributed by atoms with Crippen LogP contribution in [0.1, 0.15) is 22.8 Å². The van der Waals surface area contributed by atoms with E-state index >= 15 is 0 Å². The molecular weight excluding hydrogens is 246 g/mol. The maximum absolute atomic E-state index is 8.73. The van der Waals surface area contributed by atoms with E-state index in [9.17, 15) is 0 Å². The lowest BCUT2D eigenvalue weighted by Crippen LogP contribution is -2.19. The van der Waals surface area contributed by atoms with Gasteiger partial charge >= 0.3 is 0 Å². The van der Waals surface area contributed by atoms with Gasteiger partial charge in [0, 0.05) is 12.1 Å². The Kier molecular flexibility index (Phi) is 4.09. The molecule has 7 heteroatoms. The zero-order valence-corrected chi connectivity index (χ0v) is 10.5. The molecule has 2 aromatic rings. The van der Waals surface area contributed by atoms with Crippen molar-refractivity contribution >= 4 is 5.84 Å². The molecule has 1 heterocycles. The minimum absolute atomic E-state index is 0.0889. The number of nitrogens with zero attached hydrogens (tertiary/aromatic N) is 3. The van der Waals surface area contributed by atoms with E-state index in [-0.39, 0.29) is 5.84 Å². The first kappa shape index (κ1) is 13.0. The van der Waals surface area contributed by atoms with Crippen LogP contribution in [-0.4, -0.2) is 21.2 Å². The van der Waals surface area contributed by atoms with Gasteiger partial charge < -0.3 is 20.8 Å². The second kappa shape index (κ2) is 5.96. The minimum atomic E-state index is 0.0889. The predicted molar refractivity (Wildman–Crippen MR) is 68.5 cm³/mol. The summed E-state index contributed by atoms with van der Waals surface area (Å²) in [5, 5.41) is 18.6. The van der Waals surface area contributed by atoms with Gasteiger partial charge in [0.15, 0.2) is 11.7 Å². The van der Waals surface area contributed by atoms with E-state index in [0.717, 1.165) is 5.56 Å². The molecule has 19 heavy (non-hydrogen) atoms. The maximum Gasteiger partial charge on any atom is 0.240 e. The van der Waals surface area contributed by atoms with Crippen LogP contribution >= 0.6 is 0 Å². The number of hydrogen-bond donors (Lipinski definition) is 3. The SMILES string of the molecule is Cc1noc(CNCc2ccccc2C(N)=NO)n1. The first-order valence-corrected chi connectivity index (χ1v) is 5.76. The number of benzene rings is 1. The van der Waals surface area contributed by atoms with Crippen molar-refractivity contribution in [3.8, 4) is 0 Å². The summed E-state index contributed by atoms with van der Waals surface area (Å²) in [5.74, 6) is 1.22. The summed E-state index contributed by atoms with van der Waals surface area (Å²) in [6, 6.07) is 7.42. The number of oxime groups is 1. The van der Waals surface area contributed by atoms with Crippen molar-refractivity contribution in [2.24, 2.45) is 10.9 Å². The van der Waals surface area contributed by atoms with Crippen molar-refractivity contribution in [3.63, 3.8) is 0 Å². The average molecular weight is 261 g/mol. The van der Waals surface area contributed by atoms with Gasteiger partial charge in [0.05, 0.1) is 6.54 Å². The number of hydrogen-bond acceptors (Lipinski definition) is 6. The van der Waals surface area contributed by atoms with Crippen LogP contribution in [0.4, 0.5) is 0 Å². The van der Waals surface area contributed by atoms with Crippen LogP contribution < -0.4 is 11.1 Å². The van der Waals surface area contributed by atoms with Gasteiger partial charge in [-0.1, -0.05) is 34.6 Å². The molecule has 0 fully saturated rings. The van der Waals surface area contributed by atoms with E-state index in [1.165, 1.54) is 0 Å². The van der Waals surface area contributed by atoms with Gasteiger partial charge in [-0.25, -0.2) is 0 Å². The lowest BCUT2D eigenvalue weighted by atomic mass is 10.1. The highest BCUT2D eigenvalue weighted by Gasteiger charge is 2.07. The first-order chi connectivity index (χ1) is 9.20. The van der Waals surface area contributed by atoms with Crippen LogP contribution in [0.3, 0.4) is 0 Å². The molecule has 0 bridgehead atoms. The number of rotatable bonds is 5. The Labute approximate surface area is 110 Å². The van der Waals surface area contributed by atoms with Gasteiger partial charge in [-0.3, -0.25) is 0 Å². The van der Waals surface area contributed by atoms with Crippen LogP contribution in [0.25, 0.3) is 0 Å². The van der Waals surface area contributed by atoms with E-state index in [0.29, 0.717) is 30.4 Å². The van der Waals surface area contributed by atoms with E-state index in [1.54, 1.807) is 13.0 Å². The molecule has 0 aliphatic carbocycles. The fourth-order valence-corrected chi connectivity index (χ4v) is 1.69. The highest BCUT2D eigenvalue weighted by Crippen LogP contribution is 2.08.